The lowest BCUT2D eigenvalue weighted by Gasteiger charge is -2.12. The van der Waals surface area contributed by atoms with E-state index in [9.17, 15) is 26.3 Å². The molecule has 0 fully saturated rings. The highest BCUT2D eigenvalue weighted by molar-refractivity contribution is 7.14. The summed E-state index contributed by atoms with van der Waals surface area (Å²) in [6.07, 6.45) is -8.96. The molecular weight excluding hydrogens is 571 g/mol. The summed E-state index contributed by atoms with van der Waals surface area (Å²) >= 11 is 4.43. The van der Waals surface area contributed by atoms with E-state index in [1.807, 2.05) is 22.9 Å². The Morgan fingerprint density at radius 1 is 0.564 bits per heavy atom. The maximum Gasteiger partial charge on any atom is 0.416 e. The van der Waals surface area contributed by atoms with Crippen LogP contribution in [0.5, 0.6) is 0 Å². The fraction of sp³-hybridized carbons (Fsp3) is 0.133. The van der Waals surface area contributed by atoms with Gasteiger partial charge in [-0.15, -0.1) is 34.0 Å². The number of rotatable bonds is 2. The number of thiophene rings is 3. The number of alkyl halides is 6. The molecule has 2 aromatic carbocycles. The van der Waals surface area contributed by atoms with Gasteiger partial charge in [0.15, 0.2) is 0 Å². The van der Waals surface area contributed by atoms with Crippen molar-refractivity contribution < 1.29 is 26.3 Å². The Labute approximate surface area is 230 Å². The molecular formula is C30H16F6S3. The second-order valence-corrected chi connectivity index (χ2v) is 12.6. The summed E-state index contributed by atoms with van der Waals surface area (Å²) in [6.45, 7) is 3.30. The maximum absolute atomic E-state index is 13.7. The van der Waals surface area contributed by atoms with E-state index in [2.05, 4.69) is 0 Å². The van der Waals surface area contributed by atoms with Gasteiger partial charge in [-0.25, -0.2) is 0 Å². The van der Waals surface area contributed by atoms with Crippen molar-refractivity contribution in [3.05, 3.63) is 111 Å². The molecule has 0 saturated heterocycles. The zero-order chi connectivity index (χ0) is 27.4. The minimum absolute atomic E-state index is 0.492. The van der Waals surface area contributed by atoms with Crippen molar-refractivity contribution in [2.45, 2.75) is 26.2 Å². The molecule has 196 valence electrons. The number of fused-ring (bicyclic) bond motifs is 7. The second kappa shape index (κ2) is 8.19. The predicted octanol–water partition coefficient (Wildman–Crippen LogP) is 8.98. The summed E-state index contributed by atoms with van der Waals surface area (Å²) < 4.78 is 84.1. The zero-order valence-corrected chi connectivity index (χ0v) is 22.7. The van der Waals surface area contributed by atoms with Crippen molar-refractivity contribution in [1.82, 2.24) is 0 Å². The Hall–Kier alpha value is -3.14. The summed E-state index contributed by atoms with van der Waals surface area (Å²) in [4.78, 5) is 1.83. The third kappa shape index (κ3) is 3.70. The molecule has 0 nitrogen and oxygen atoms in total. The lowest BCUT2D eigenvalue weighted by Crippen LogP contribution is -2.08. The molecule has 0 saturated carbocycles. The first kappa shape index (κ1) is 24.9. The highest BCUT2D eigenvalue weighted by atomic mass is 32.1. The molecule has 5 aromatic rings. The zero-order valence-electron chi connectivity index (χ0n) is 20.3. The van der Waals surface area contributed by atoms with Gasteiger partial charge in [0.25, 0.3) is 0 Å². The van der Waals surface area contributed by atoms with Crippen LogP contribution in [0.3, 0.4) is 0 Å². The van der Waals surface area contributed by atoms with E-state index in [0.717, 1.165) is 64.4 Å². The molecule has 0 radical (unpaired) electrons. The first-order valence-electron chi connectivity index (χ1n) is 11.9. The van der Waals surface area contributed by atoms with E-state index in [1.54, 1.807) is 26.0 Å². The van der Waals surface area contributed by atoms with E-state index in [-0.39, 0.29) is 0 Å². The third-order valence-electron chi connectivity index (χ3n) is 7.07. The van der Waals surface area contributed by atoms with Crippen LogP contribution < -0.4 is 9.06 Å². The summed E-state index contributed by atoms with van der Waals surface area (Å²) in [5.74, 6) is 0. The normalized spacial score (nSPS) is 14.1. The van der Waals surface area contributed by atoms with Crippen LogP contribution in [0.2, 0.25) is 0 Å². The van der Waals surface area contributed by atoms with Crippen molar-refractivity contribution in [2.75, 3.05) is 0 Å². The minimum atomic E-state index is -4.48. The Morgan fingerprint density at radius 3 is 1.36 bits per heavy atom. The van der Waals surface area contributed by atoms with Gasteiger partial charge < -0.3 is 0 Å². The van der Waals surface area contributed by atoms with Crippen LogP contribution in [0.1, 0.15) is 43.1 Å². The molecule has 0 bridgehead atoms. The summed E-state index contributed by atoms with van der Waals surface area (Å²) in [6, 6.07) is 12.2. The molecule has 0 unspecified atom stereocenters. The van der Waals surface area contributed by atoms with Crippen LogP contribution in [0.25, 0.3) is 33.4 Å². The van der Waals surface area contributed by atoms with E-state index in [1.165, 1.54) is 46.1 Å². The summed E-state index contributed by atoms with van der Waals surface area (Å²) in [5, 5.41) is 3.87. The van der Waals surface area contributed by atoms with Gasteiger partial charge in [-0.3, -0.25) is 0 Å². The number of benzene rings is 2. The van der Waals surface area contributed by atoms with Gasteiger partial charge in [0, 0.05) is 52.2 Å². The molecule has 39 heavy (non-hydrogen) atoms. The van der Waals surface area contributed by atoms with Gasteiger partial charge in [-0.1, -0.05) is 12.1 Å². The highest BCUT2D eigenvalue weighted by Crippen LogP contribution is 2.49. The van der Waals surface area contributed by atoms with Gasteiger partial charge in [-0.2, -0.15) is 26.3 Å². The monoisotopic (exact) mass is 586 g/mol. The lowest BCUT2D eigenvalue weighted by atomic mass is 10.00. The van der Waals surface area contributed by atoms with Gasteiger partial charge in [0.2, 0.25) is 0 Å². The van der Waals surface area contributed by atoms with E-state index < -0.39 is 23.5 Å². The molecule has 2 aliphatic carbocycles. The third-order valence-corrected chi connectivity index (χ3v) is 10.2. The molecule has 0 amide bonds. The quantitative estimate of drug-likeness (QED) is 0.177. The fourth-order valence-electron chi connectivity index (χ4n) is 5.61. The molecule has 3 heterocycles. The van der Waals surface area contributed by atoms with Crippen LogP contribution >= 0.6 is 34.0 Å². The molecule has 0 spiro atoms. The molecule has 3 aromatic heterocycles. The topological polar surface area (TPSA) is 0 Å². The van der Waals surface area contributed by atoms with Crippen molar-refractivity contribution >= 4 is 45.2 Å². The maximum atomic E-state index is 13.7. The van der Waals surface area contributed by atoms with Crippen LogP contribution in [0.15, 0.2) is 59.3 Å². The number of aryl methyl sites for hydroxylation is 2. The van der Waals surface area contributed by atoms with Crippen molar-refractivity contribution in [3.63, 3.8) is 0 Å². The van der Waals surface area contributed by atoms with Gasteiger partial charge in [0.05, 0.1) is 11.1 Å². The average molecular weight is 587 g/mol. The number of hydrogen-bond donors (Lipinski definition) is 0. The highest BCUT2D eigenvalue weighted by Gasteiger charge is 2.37. The standard InChI is InChI=1S/C30H16F6S3/c1-13-7-15(11-17(9-13)29(31,32)33)21-25-19(3-5-37-25)23-24-20-4-6-38-26(20)22(28(24)39-27(21)23)16-8-14(2)10-18(12-16)30(34,35)36/h3-12H,1-2H3. The van der Waals surface area contributed by atoms with Gasteiger partial charge >= 0.3 is 12.4 Å². The summed E-state index contributed by atoms with van der Waals surface area (Å²) in [5.41, 5.74) is 5.92. The first-order valence-corrected chi connectivity index (χ1v) is 14.5. The number of hydrogen-bond acceptors (Lipinski definition) is 3. The van der Waals surface area contributed by atoms with E-state index in [0.29, 0.717) is 22.3 Å². The molecule has 0 atom stereocenters. The van der Waals surface area contributed by atoms with Crippen molar-refractivity contribution in [2.24, 2.45) is 0 Å². The van der Waals surface area contributed by atoms with Crippen LogP contribution in [0, 0.1) is 13.8 Å². The number of halogens is 6. The van der Waals surface area contributed by atoms with Crippen molar-refractivity contribution in [1.29, 1.82) is 0 Å². The average Bonchev–Trinajstić information content (AvgIpc) is 3.61. The van der Waals surface area contributed by atoms with Crippen LogP contribution in [0.4, 0.5) is 26.3 Å². The fourth-order valence-corrected chi connectivity index (χ4v) is 9.16. The molecule has 9 heteroatoms. The van der Waals surface area contributed by atoms with Crippen LogP contribution in [-0.2, 0) is 12.4 Å². The smallest absolute Gasteiger partial charge is 0.166 e. The Bertz CT molecular complexity index is 1820. The molecule has 7 rings (SSSR count). The SMILES string of the molecule is Cc1cc(C2=c3sc4c(c3-c3ccsc32)-c2ccsc2C=4c2cc(C)cc(C(F)(F)F)c2)cc(C(F)(F)F)c1. The first-order chi connectivity index (χ1) is 18.4. The second-order valence-electron chi connectivity index (χ2n) is 9.76. The minimum Gasteiger partial charge on any atom is -0.166 e. The summed E-state index contributed by atoms with van der Waals surface area (Å²) in [7, 11) is 0. The van der Waals surface area contributed by atoms with E-state index in [4.69, 9.17) is 0 Å². The van der Waals surface area contributed by atoms with Gasteiger partial charge in [-0.05, 0) is 83.3 Å². The lowest BCUT2D eigenvalue weighted by molar-refractivity contribution is -0.138. The molecule has 0 N–H and O–H groups in total. The van der Waals surface area contributed by atoms with Gasteiger partial charge in [0.1, 0.15) is 0 Å². The Morgan fingerprint density at radius 2 is 0.974 bits per heavy atom. The molecule has 2 aliphatic rings. The Kier molecular flexibility index (Phi) is 5.22. The largest absolute Gasteiger partial charge is 0.416 e. The predicted molar refractivity (Wildman–Crippen MR) is 146 cm³/mol. The Balaban J connectivity index is 1.59. The van der Waals surface area contributed by atoms with Crippen molar-refractivity contribution in [3.8, 4) is 22.3 Å². The van der Waals surface area contributed by atoms with E-state index >= 15 is 0 Å². The van der Waals surface area contributed by atoms with Crippen LogP contribution in [-0.4, -0.2) is 0 Å². The molecule has 0 aliphatic heterocycles.